The molecule has 0 bridgehead atoms. The summed E-state index contributed by atoms with van der Waals surface area (Å²) in [5, 5.41) is 0.555. The third kappa shape index (κ3) is 5.32. The van der Waals surface area contributed by atoms with E-state index in [0.29, 0.717) is 16.6 Å². The minimum absolute atomic E-state index is 0.0463. The molecule has 2 aromatic rings. The molecule has 0 atom stereocenters. The molecule has 1 aliphatic rings. The predicted octanol–water partition coefficient (Wildman–Crippen LogP) is 4.99. The van der Waals surface area contributed by atoms with E-state index in [1.807, 2.05) is 44.2 Å². The first-order chi connectivity index (χ1) is 13.0. The summed E-state index contributed by atoms with van der Waals surface area (Å²) < 4.78 is 0. The molecule has 0 radical (unpaired) electrons. The van der Waals surface area contributed by atoms with E-state index in [9.17, 15) is 9.59 Å². The van der Waals surface area contributed by atoms with Crippen molar-refractivity contribution in [1.29, 1.82) is 0 Å². The molecule has 0 spiro atoms. The van der Waals surface area contributed by atoms with E-state index >= 15 is 0 Å². The number of nitrogens with one attached hydrogen (secondary N) is 1. The van der Waals surface area contributed by atoms with Gasteiger partial charge in [-0.3, -0.25) is 9.59 Å². The molecule has 1 saturated carbocycles. The second-order valence-corrected chi connectivity index (χ2v) is 8.64. The average molecular weight is 385 g/mol. The summed E-state index contributed by atoms with van der Waals surface area (Å²) in [6.45, 7) is 4.09. The van der Waals surface area contributed by atoms with E-state index in [4.69, 9.17) is 4.98 Å². The highest BCUT2D eigenvalue weighted by Crippen LogP contribution is 2.28. The molecule has 4 nitrogen and oxygen atoms in total. The third-order valence-electron chi connectivity index (χ3n) is 5.23. The topological polar surface area (TPSA) is 62.8 Å². The Balaban J connectivity index is 1.77. The number of rotatable bonds is 7. The van der Waals surface area contributed by atoms with Crippen LogP contribution in [0.15, 0.2) is 40.3 Å². The van der Waals surface area contributed by atoms with Gasteiger partial charge in [-0.25, -0.2) is 4.98 Å². The molecule has 144 valence electrons. The minimum Gasteiger partial charge on any atom is -0.301 e. The van der Waals surface area contributed by atoms with Gasteiger partial charge in [-0.2, -0.15) is 0 Å². The van der Waals surface area contributed by atoms with E-state index in [1.165, 1.54) is 43.9 Å². The van der Waals surface area contributed by atoms with Crippen LogP contribution in [-0.4, -0.2) is 21.5 Å². The van der Waals surface area contributed by atoms with Crippen molar-refractivity contribution in [2.24, 2.45) is 5.92 Å². The second kappa shape index (κ2) is 9.36. The van der Waals surface area contributed by atoms with E-state index < -0.39 is 0 Å². The van der Waals surface area contributed by atoms with E-state index in [-0.39, 0.29) is 23.0 Å². The Hall–Kier alpha value is -1.88. The van der Waals surface area contributed by atoms with Crippen LogP contribution in [0.3, 0.4) is 0 Å². The zero-order valence-corrected chi connectivity index (χ0v) is 17.0. The van der Waals surface area contributed by atoms with Crippen LogP contribution in [0.2, 0.25) is 0 Å². The van der Waals surface area contributed by atoms with Crippen LogP contribution >= 0.6 is 11.8 Å². The van der Waals surface area contributed by atoms with Crippen LogP contribution < -0.4 is 5.56 Å². The molecule has 1 aliphatic carbocycles. The van der Waals surface area contributed by atoms with Crippen molar-refractivity contribution >= 4 is 17.5 Å². The van der Waals surface area contributed by atoms with Crippen molar-refractivity contribution in [1.82, 2.24) is 9.97 Å². The van der Waals surface area contributed by atoms with Gasteiger partial charge in [-0.15, -0.1) is 0 Å². The molecular formula is C22H28N2O2S. The lowest BCUT2D eigenvalue weighted by molar-refractivity contribution is 0.102. The third-order valence-corrected chi connectivity index (χ3v) is 6.11. The maximum absolute atomic E-state index is 12.7. The minimum atomic E-state index is -0.0551. The number of aromatic amines is 1. The lowest BCUT2D eigenvalue weighted by Gasteiger charge is -2.22. The largest absolute Gasteiger partial charge is 0.301 e. The van der Waals surface area contributed by atoms with Crippen molar-refractivity contribution in [3.63, 3.8) is 0 Å². The van der Waals surface area contributed by atoms with Gasteiger partial charge in [0.15, 0.2) is 10.9 Å². The number of carbonyl (C=O) groups excluding carboxylic acids is 1. The number of ketones is 1. The summed E-state index contributed by atoms with van der Waals surface area (Å²) in [4.78, 5) is 32.7. The number of aromatic nitrogens is 2. The van der Waals surface area contributed by atoms with Crippen molar-refractivity contribution in [2.75, 3.05) is 5.75 Å². The predicted molar refractivity (Wildman–Crippen MR) is 111 cm³/mol. The monoisotopic (exact) mass is 384 g/mol. The van der Waals surface area contributed by atoms with Crippen LogP contribution in [0.1, 0.15) is 73.5 Å². The maximum atomic E-state index is 12.7. The fourth-order valence-electron chi connectivity index (χ4n) is 3.83. The summed E-state index contributed by atoms with van der Waals surface area (Å²) in [5.74, 6) is 1.08. The molecular weight excluding hydrogens is 356 g/mol. The van der Waals surface area contributed by atoms with Crippen LogP contribution in [0.5, 0.6) is 0 Å². The first-order valence-corrected chi connectivity index (χ1v) is 10.9. The standard InChI is InChI=1S/C22H28N2O2S/c1-15(2)20-18(13-16-9-5-3-6-10-16)23-22(24-21(20)26)27-14-19(25)17-11-7-4-8-12-17/h4,7-8,11-12,15-16H,3,5-6,9-10,13-14H2,1-2H3,(H,23,24,26). The average Bonchev–Trinajstić information content (AvgIpc) is 2.67. The highest BCUT2D eigenvalue weighted by Gasteiger charge is 2.21. The van der Waals surface area contributed by atoms with Crippen LogP contribution in [0.25, 0.3) is 0 Å². The number of Topliss-reactive ketones (excluding diaryl/α,β-unsaturated/α-hetero) is 1. The summed E-state index contributed by atoms with van der Waals surface area (Å²) >= 11 is 1.32. The van der Waals surface area contributed by atoms with Crippen molar-refractivity contribution < 1.29 is 4.79 Å². The number of carbonyl (C=O) groups is 1. The van der Waals surface area contributed by atoms with Gasteiger partial charge in [0, 0.05) is 11.1 Å². The smallest absolute Gasteiger partial charge is 0.255 e. The van der Waals surface area contributed by atoms with Crippen LogP contribution in [0, 0.1) is 5.92 Å². The molecule has 3 rings (SSSR count). The normalized spacial score (nSPS) is 15.2. The summed E-state index contributed by atoms with van der Waals surface area (Å²) in [6.07, 6.45) is 7.19. The Morgan fingerprint density at radius 2 is 1.89 bits per heavy atom. The molecule has 5 heteroatoms. The highest BCUT2D eigenvalue weighted by molar-refractivity contribution is 7.99. The molecule has 0 aliphatic heterocycles. The summed E-state index contributed by atoms with van der Waals surface area (Å²) in [6, 6.07) is 9.24. The molecule has 0 amide bonds. The molecule has 1 N–H and O–H groups in total. The Labute approximate surface area is 165 Å². The Morgan fingerprint density at radius 3 is 2.56 bits per heavy atom. The molecule has 0 saturated heterocycles. The first kappa shape index (κ1) is 19.9. The number of hydrogen-bond acceptors (Lipinski definition) is 4. The van der Waals surface area contributed by atoms with Gasteiger partial charge in [0.25, 0.3) is 5.56 Å². The lowest BCUT2D eigenvalue weighted by Crippen LogP contribution is -2.22. The molecule has 1 fully saturated rings. The van der Waals surface area contributed by atoms with Crippen molar-refractivity contribution in [3.8, 4) is 0 Å². The molecule has 1 heterocycles. The summed E-state index contributed by atoms with van der Waals surface area (Å²) in [7, 11) is 0. The number of hydrogen-bond donors (Lipinski definition) is 1. The zero-order valence-electron chi connectivity index (χ0n) is 16.2. The lowest BCUT2D eigenvalue weighted by atomic mass is 9.84. The van der Waals surface area contributed by atoms with E-state index in [0.717, 1.165) is 17.7 Å². The molecule has 27 heavy (non-hydrogen) atoms. The van der Waals surface area contributed by atoms with Gasteiger partial charge in [0.05, 0.1) is 11.4 Å². The van der Waals surface area contributed by atoms with Crippen molar-refractivity contribution in [3.05, 3.63) is 57.5 Å². The number of nitrogens with zero attached hydrogens (tertiary/aromatic N) is 1. The molecule has 1 aromatic heterocycles. The Morgan fingerprint density at radius 1 is 1.19 bits per heavy atom. The van der Waals surface area contributed by atoms with Gasteiger partial charge in [0.1, 0.15) is 0 Å². The zero-order chi connectivity index (χ0) is 19.2. The number of thioether (sulfide) groups is 1. The first-order valence-electron chi connectivity index (χ1n) is 9.88. The van der Waals surface area contributed by atoms with Crippen LogP contribution in [-0.2, 0) is 6.42 Å². The SMILES string of the molecule is CC(C)c1c(CC2CCCCC2)nc(SCC(=O)c2ccccc2)[nH]c1=O. The van der Waals surface area contributed by atoms with Crippen molar-refractivity contribution in [2.45, 2.75) is 63.4 Å². The number of benzene rings is 1. The van der Waals surface area contributed by atoms with Gasteiger partial charge >= 0.3 is 0 Å². The van der Waals surface area contributed by atoms with Gasteiger partial charge in [-0.05, 0) is 18.3 Å². The van der Waals surface area contributed by atoms with E-state index in [2.05, 4.69) is 4.98 Å². The van der Waals surface area contributed by atoms with Crippen LogP contribution in [0.4, 0.5) is 0 Å². The maximum Gasteiger partial charge on any atom is 0.255 e. The van der Waals surface area contributed by atoms with E-state index in [1.54, 1.807) is 0 Å². The van der Waals surface area contributed by atoms with Gasteiger partial charge in [0.2, 0.25) is 0 Å². The molecule has 0 unspecified atom stereocenters. The fraction of sp³-hybridized carbons (Fsp3) is 0.500. The molecule has 1 aromatic carbocycles. The fourth-order valence-corrected chi connectivity index (χ4v) is 4.61. The quantitative estimate of drug-likeness (QED) is 0.415. The second-order valence-electron chi connectivity index (χ2n) is 7.67. The van der Waals surface area contributed by atoms with Gasteiger partial charge in [-0.1, -0.05) is 88.0 Å². The number of H-pyrrole nitrogens is 1. The Bertz CT molecular complexity index is 824. The highest BCUT2D eigenvalue weighted by atomic mass is 32.2. The van der Waals surface area contributed by atoms with Gasteiger partial charge < -0.3 is 4.98 Å². The Kier molecular flexibility index (Phi) is 6.89. The summed E-state index contributed by atoms with van der Waals surface area (Å²) in [5.41, 5.74) is 2.36.